The topological polar surface area (TPSA) is 46.6 Å². The van der Waals surface area contributed by atoms with Crippen LogP contribution in [0.2, 0.25) is 0 Å². The highest BCUT2D eigenvalue weighted by Gasteiger charge is 2.31. The largest absolute Gasteiger partial charge is 0.465 e. The second kappa shape index (κ2) is 5.33. The molecule has 0 radical (unpaired) electrons. The van der Waals surface area contributed by atoms with E-state index in [1.165, 1.54) is 7.11 Å². The molecule has 0 N–H and O–H groups in total. The van der Waals surface area contributed by atoms with Gasteiger partial charge in [0.1, 0.15) is 0 Å². The van der Waals surface area contributed by atoms with E-state index in [0.717, 1.165) is 15.7 Å². The summed E-state index contributed by atoms with van der Waals surface area (Å²) in [4.78, 5) is 26.0. The van der Waals surface area contributed by atoms with Crippen molar-refractivity contribution in [1.82, 2.24) is 0 Å². The summed E-state index contributed by atoms with van der Waals surface area (Å²) in [6, 6.07) is 12.6. The molecule has 0 saturated carbocycles. The first-order chi connectivity index (χ1) is 10.1. The molecular weight excluding hydrogens is 334 g/mol. The zero-order chi connectivity index (χ0) is 15.0. The molecule has 0 aliphatic carbocycles. The standard InChI is InChI=1S/C16H12BrNO3/c1-21-16(20)13-4-2-3-12-14(13)9-18(15(12)19)11-7-5-10(17)6-8-11/h2-8H,9H2,1H3. The minimum atomic E-state index is -0.419. The minimum absolute atomic E-state index is 0.0990. The number of amides is 1. The first-order valence-corrected chi connectivity index (χ1v) is 7.18. The van der Waals surface area contributed by atoms with Crippen molar-refractivity contribution in [1.29, 1.82) is 0 Å². The molecule has 4 nitrogen and oxygen atoms in total. The number of ether oxygens (including phenoxy) is 1. The number of hydrogen-bond donors (Lipinski definition) is 0. The van der Waals surface area contributed by atoms with Crippen LogP contribution >= 0.6 is 15.9 Å². The number of esters is 1. The number of methoxy groups -OCH3 is 1. The van der Waals surface area contributed by atoms with Gasteiger partial charge in [0.15, 0.2) is 0 Å². The lowest BCUT2D eigenvalue weighted by atomic mass is 10.0. The Bertz CT molecular complexity index is 725. The average molecular weight is 346 g/mol. The molecule has 1 aliphatic rings. The third-order valence-corrected chi connectivity index (χ3v) is 4.04. The van der Waals surface area contributed by atoms with Crippen LogP contribution < -0.4 is 4.90 Å². The highest BCUT2D eigenvalue weighted by atomic mass is 79.9. The van der Waals surface area contributed by atoms with E-state index in [-0.39, 0.29) is 5.91 Å². The molecule has 3 rings (SSSR count). The minimum Gasteiger partial charge on any atom is -0.465 e. The van der Waals surface area contributed by atoms with E-state index in [1.54, 1.807) is 23.1 Å². The van der Waals surface area contributed by atoms with E-state index >= 15 is 0 Å². The number of carbonyl (C=O) groups is 2. The summed E-state index contributed by atoms with van der Waals surface area (Å²) in [6.07, 6.45) is 0. The summed E-state index contributed by atoms with van der Waals surface area (Å²) in [5.41, 5.74) is 2.52. The van der Waals surface area contributed by atoms with Crippen LogP contribution in [0.5, 0.6) is 0 Å². The molecule has 0 saturated heterocycles. The van der Waals surface area contributed by atoms with Crippen LogP contribution in [-0.4, -0.2) is 19.0 Å². The van der Waals surface area contributed by atoms with Crippen LogP contribution in [0.3, 0.4) is 0 Å². The van der Waals surface area contributed by atoms with Crippen LogP contribution in [0.1, 0.15) is 26.3 Å². The first kappa shape index (κ1) is 13.8. The van der Waals surface area contributed by atoms with Crippen molar-refractivity contribution in [2.24, 2.45) is 0 Å². The predicted octanol–water partition coefficient (Wildman–Crippen LogP) is 3.40. The van der Waals surface area contributed by atoms with Gasteiger partial charge < -0.3 is 9.64 Å². The Kier molecular flexibility index (Phi) is 3.51. The Morgan fingerprint density at radius 3 is 2.57 bits per heavy atom. The Labute approximate surface area is 130 Å². The third-order valence-electron chi connectivity index (χ3n) is 3.51. The summed E-state index contributed by atoms with van der Waals surface area (Å²) in [6.45, 7) is 0.376. The highest BCUT2D eigenvalue weighted by molar-refractivity contribution is 9.10. The first-order valence-electron chi connectivity index (χ1n) is 6.39. The van der Waals surface area contributed by atoms with Gasteiger partial charge in [-0.3, -0.25) is 4.79 Å². The number of rotatable bonds is 2. The second-order valence-electron chi connectivity index (χ2n) is 4.69. The van der Waals surface area contributed by atoms with Crippen LogP contribution in [0, 0.1) is 0 Å². The Morgan fingerprint density at radius 2 is 1.90 bits per heavy atom. The Morgan fingerprint density at radius 1 is 1.19 bits per heavy atom. The number of nitrogens with zero attached hydrogens (tertiary/aromatic N) is 1. The number of anilines is 1. The Balaban J connectivity index is 2.02. The summed E-state index contributed by atoms with van der Waals surface area (Å²) in [5, 5.41) is 0. The molecule has 21 heavy (non-hydrogen) atoms. The zero-order valence-electron chi connectivity index (χ0n) is 11.3. The molecule has 106 valence electrons. The fourth-order valence-electron chi connectivity index (χ4n) is 2.46. The summed E-state index contributed by atoms with van der Waals surface area (Å²) >= 11 is 3.37. The maximum absolute atomic E-state index is 12.5. The van der Waals surface area contributed by atoms with Crippen molar-refractivity contribution in [2.45, 2.75) is 6.54 Å². The normalized spacial score (nSPS) is 13.2. The fourth-order valence-corrected chi connectivity index (χ4v) is 2.73. The quantitative estimate of drug-likeness (QED) is 0.783. The van der Waals surface area contributed by atoms with Crippen LogP contribution in [0.4, 0.5) is 5.69 Å². The molecule has 1 heterocycles. The maximum atomic E-state index is 12.5. The third kappa shape index (κ3) is 2.34. The van der Waals surface area contributed by atoms with Crippen molar-refractivity contribution in [2.75, 3.05) is 12.0 Å². The summed E-state index contributed by atoms with van der Waals surface area (Å²) < 4.78 is 5.73. The van der Waals surface area contributed by atoms with Gasteiger partial charge in [0.2, 0.25) is 0 Å². The van der Waals surface area contributed by atoms with Crippen LogP contribution in [0.25, 0.3) is 0 Å². The van der Waals surface area contributed by atoms with Gasteiger partial charge in [-0.25, -0.2) is 4.79 Å². The zero-order valence-corrected chi connectivity index (χ0v) is 12.9. The van der Waals surface area contributed by atoms with Gasteiger partial charge in [-0.2, -0.15) is 0 Å². The number of halogens is 1. The fraction of sp³-hybridized carbons (Fsp3) is 0.125. The van der Waals surface area contributed by atoms with E-state index < -0.39 is 5.97 Å². The summed E-state index contributed by atoms with van der Waals surface area (Å²) in [7, 11) is 1.34. The molecule has 0 bridgehead atoms. The average Bonchev–Trinajstić information content (AvgIpc) is 2.85. The maximum Gasteiger partial charge on any atom is 0.338 e. The van der Waals surface area contributed by atoms with Gasteiger partial charge in [0, 0.05) is 15.7 Å². The van der Waals surface area contributed by atoms with Crippen molar-refractivity contribution in [3.8, 4) is 0 Å². The lowest BCUT2D eigenvalue weighted by molar-refractivity contribution is 0.0599. The van der Waals surface area contributed by atoms with Crippen molar-refractivity contribution >= 4 is 33.5 Å². The molecule has 2 aromatic carbocycles. The van der Waals surface area contributed by atoms with E-state index in [9.17, 15) is 9.59 Å². The molecule has 1 aliphatic heterocycles. The van der Waals surface area contributed by atoms with Crippen molar-refractivity contribution in [3.05, 3.63) is 63.6 Å². The van der Waals surface area contributed by atoms with E-state index in [2.05, 4.69) is 15.9 Å². The second-order valence-corrected chi connectivity index (χ2v) is 5.61. The number of benzene rings is 2. The molecule has 2 aromatic rings. The molecule has 1 amide bonds. The molecule has 0 fully saturated rings. The van der Waals surface area contributed by atoms with Crippen LogP contribution in [0.15, 0.2) is 46.9 Å². The van der Waals surface area contributed by atoms with Crippen molar-refractivity contribution in [3.63, 3.8) is 0 Å². The lowest BCUT2D eigenvalue weighted by Gasteiger charge is -2.15. The van der Waals surface area contributed by atoms with Gasteiger partial charge in [0.05, 0.1) is 19.2 Å². The monoisotopic (exact) mass is 345 g/mol. The smallest absolute Gasteiger partial charge is 0.338 e. The molecule has 0 unspecified atom stereocenters. The highest BCUT2D eigenvalue weighted by Crippen LogP contribution is 2.31. The summed E-state index contributed by atoms with van der Waals surface area (Å²) in [5.74, 6) is -0.518. The van der Waals surface area contributed by atoms with Crippen molar-refractivity contribution < 1.29 is 14.3 Å². The molecule has 0 spiro atoms. The Hall–Kier alpha value is -2.14. The molecular formula is C16H12BrNO3. The molecule has 0 atom stereocenters. The number of carbonyl (C=O) groups excluding carboxylic acids is 2. The van der Waals surface area contributed by atoms with E-state index in [1.807, 2.05) is 24.3 Å². The molecule has 5 heteroatoms. The van der Waals surface area contributed by atoms with Gasteiger partial charge in [-0.15, -0.1) is 0 Å². The van der Waals surface area contributed by atoms with E-state index in [0.29, 0.717) is 17.7 Å². The van der Waals surface area contributed by atoms with Gasteiger partial charge >= 0.3 is 5.97 Å². The van der Waals surface area contributed by atoms with Crippen LogP contribution in [-0.2, 0) is 11.3 Å². The number of fused-ring (bicyclic) bond motifs is 1. The van der Waals surface area contributed by atoms with Gasteiger partial charge in [-0.05, 0) is 42.0 Å². The molecule has 0 aromatic heterocycles. The van der Waals surface area contributed by atoms with Gasteiger partial charge in [-0.1, -0.05) is 22.0 Å². The lowest BCUT2D eigenvalue weighted by Crippen LogP contribution is -2.22. The number of hydrogen-bond acceptors (Lipinski definition) is 3. The SMILES string of the molecule is COC(=O)c1cccc2c1CN(c1ccc(Br)cc1)C2=O. The predicted molar refractivity (Wildman–Crippen MR) is 82.4 cm³/mol. The van der Waals surface area contributed by atoms with Gasteiger partial charge in [0.25, 0.3) is 5.91 Å². The van der Waals surface area contributed by atoms with E-state index in [4.69, 9.17) is 4.74 Å².